The summed E-state index contributed by atoms with van der Waals surface area (Å²) in [7, 11) is -4.28. The quantitative estimate of drug-likeness (QED) is 0.313. The summed E-state index contributed by atoms with van der Waals surface area (Å²) in [5.41, 5.74) is -1.45. The van der Waals surface area contributed by atoms with Crippen molar-refractivity contribution >= 4 is 16.1 Å². The molecule has 0 aliphatic carbocycles. The van der Waals surface area contributed by atoms with E-state index in [0.717, 1.165) is 13.0 Å². The van der Waals surface area contributed by atoms with Gasteiger partial charge in [0, 0.05) is 6.08 Å². The second kappa shape index (κ2) is 5.08. The maximum atomic E-state index is 10.6. The van der Waals surface area contributed by atoms with E-state index in [0.29, 0.717) is 0 Å². The molecule has 0 heterocycles. The fourth-order valence-electron chi connectivity index (χ4n) is 0.580. The molecule has 0 amide bonds. The summed E-state index contributed by atoms with van der Waals surface area (Å²) in [5.74, 6) is -0.736. The van der Waals surface area contributed by atoms with Crippen molar-refractivity contribution in [2.24, 2.45) is 0 Å². The third-order valence-electron chi connectivity index (χ3n) is 1.25. The van der Waals surface area contributed by atoms with Crippen LogP contribution in [0.1, 0.15) is 13.8 Å². The van der Waals surface area contributed by atoms with Gasteiger partial charge in [0.05, 0.1) is 0 Å². The molecular weight excluding hydrogens is 212 g/mol. The molecule has 2 atom stereocenters. The van der Waals surface area contributed by atoms with E-state index >= 15 is 0 Å². The molecule has 1 N–H and O–H groups in total. The van der Waals surface area contributed by atoms with Crippen LogP contribution >= 0.6 is 0 Å². The zero-order valence-corrected chi connectivity index (χ0v) is 8.65. The molecule has 6 nitrogen and oxygen atoms in total. The smallest absolute Gasteiger partial charge is 0.332 e. The van der Waals surface area contributed by atoms with Gasteiger partial charge in [-0.2, -0.15) is 8.42 Å². The zero-order chi connectivity index (χ0) is 11.4. The van der Waals surface area contributed by atoms with Gasteiger partial charge in [-0.15, -0.1) is 0 Å². The summed E-state index contributed by atoms with van der Waals surface area (Å²) in [5, 5.41) is 0. The molecule has 0 bridgehead atoms. The van der Waals surface area contributed by atoms with Gasteiger partial charge in [-0.3, -0.25) is 4.55 Å². The van der Waals surface area contributed by atoms with Crippen LogP contribution in [0.4, 0.5) is 0 Å². The lowest BCUT2D eigenvalue weighted by Gasteiger charge is -2.16. The molecule has 0 aliphatic rings. The topological polar surface area (TPSA) is 89.9 Å². The van der Waals surface area contributed by atoms with Crippen molar-refractivity contribution < 1.29 is 27.2 Å². The SMILES string of the molecule is C=CC(=O)OC(C)OC(C)S(=O)(=O)O. The summed E-state index contributed by atoms with van der Waals surface area (Å²) in [6.45, 7) is 5.58. The minimum Gasteiger partial charge on any atom is -0.433 e. The van der Waals surface area contributed by atoms with E-state index in [-0.39, 0.29) is 0 Å². The molecule has 0 saturated carbocycles. The Kier molecular flexibility index (Phi) is 4.75. The molecule has 2 unspecified atom stereocenters. The van der Waals surface area contributed by atoms with Crippen LogP contribution in [0.5, 0.6) is 0 Å². The van der Waals surface area contributed by atoms with Gasteiger partial charge in [-0.25, -0.2) is 4.79 Å². The number of carbonyl (C=O) groups excluding carboxylic acids is 1. The van der Waals surface area contributed by atoms with Gasteiger partial charge in [0.25, 0.3) is 10.1 Å². The van der Waals surface area contributed by atoms with Crippen LogP contribution in [0, 0.1) is 0 Å². The highest BCUT2D eigenvalue weighted by molar-refractivity contribution is 7.86. The first-order valence-electron chi connectivity index (χ1n) is 3.72. The number of hydrogen-bond acceptors (Lipinski definition) is 5. The van der Waals surface area contributed by atoms with E-state index in [4.69, 9.17) is 4.55 Å². The van der Waals surface area contributed by atoms with Gasteiger partial charge in [-0.1, -0.05) is 6.58 Å². The van der Waals surface area contributed by atoms with Gasteiger partial charge < -0.3 is 9.47 Å². The van der Waals surface area contributed by atoms with E-state index in [1.54, 1.807) is 0 Å². The third kappa shape index (κ3) is 4.95. The largest absolute Gasteiger partial charge is 0.433 e. The molecule has 82 valence electrons. The van der Waals surface area contributed by atoms with Crippen LogP contribution < -0.4 is 0 Å². The minimum atomic E-state index is -4.28. The third-order valence-corrected chi connectivity index (χ3v) is 2.20. The summed E-state index contributed by atoms with van der Waals surface area (Å²) in [6, 6.07) is 0. The molecule has 0 aromatic heterocycles. The lowest BCUT2D eigenvalue weighted by atomic mass is 10.6. The maximum absolute atomic E-state index is 10.6. The molecule has 0 aliphatic heterocycles. The second-order valence-corrected chi connectivity index (χ2v) is 4.12. The Hall–Kier alpha value is -0.920. The first kappa shape index (κ1) is 13.1. The average Bonchev–Trinajstić information content (AvgIpc) is 2.02. The normalized spacial score (nSPS) is 15.6. The van der Waals surface area contributed by atoms with Gasteiger partial charge in [0.1, 0.15) is 0 Å². The van der Waals surface area contributed by atoms with E-state index < -0.39 is 27.8 Å². The zero-order valence-electron chi connectivity index (χ0n) is 7.84. The van der Waals surface area contributed by atoms with E-state index in [1.165, 1.54) is 6.92 Å². The molecule has 14 heavy (non-hydrogen) atoms. The van der Waals surface area contributed by atoms with Crippen LogP contribution in [-0.2, 0) is 24.4 Å². The highest BCUT2D eigenvalue weighted by Crippen LogP contribution is 2.05. The van der Waals surface area contributed by atoms with E-state index in [9.17, 15) is 13.2 Å². The number of ether oxygens (including phenoxy) is 2. The molecule has 0 aromatic carbocycles. The predicted molar refractivity (Wildman–Crippen MR) is 47.8 cm³/mol. The first-order valence-corrected chi connectivity index (χ1v) is 5.22. The Morgan fingerprint density at radius 2 is 2.00 bits per heavy atom. The monoisotopic (exact) mass is 224 g/mol. The van der Waals surface area contributed by atoms with Gasteiger partial charge in [0.2, 0.25) is 6.29 Å². The Morgan fingerprint density at radius 1 is 1.50 bits per heavy atom. The van der Waals surface area contributed by atoms with Crippen LogP contribution in [0.2, 0.25) is 0 Å². The highest BCUT2D eigenvalue weighted by atomic mass is 32.2. The van der Waals surface area contributed by atoms with Crippen LogP contribution in [-0.4, -0.2) is 30.7 Å². The standard InChI is InChI=1S/C7H12O6S/c1-4-7(8)13-5(2)12-6(3)14(9,10)11/h4-6H,1H2,2-3H3,(H,9,10,11). The van der Waals surface area contributed by atoms with Crippen molar-refractivity contribution in [3.8, 4) is 0 Å². The maximum Gasteiger partial charge on any atom is 0.332 e. The minimum absolute atomic E-state index is 0.736. The van der Waals surface area contributed by atoms with Crippen molar-refractivity contribution in [2.75, 3.05) is 0 Å². The van der Waals surface area contributed by atoms with Crippen molar-refractivity contribution in [1.29, 1.82) is 0 Å². The fraction of sp³-hybridized carbons (Fsp3) is 0.571. The summed E-state index contributed by atoms with van der Waals surface area (Å²) in [6.07, 6.45) is -0.157. The molecule has 0 saturated heterocycles. The molecule has 0 radical (unpaired) electrons. The molecule has 0 spiro atoms. The van der Waals surface area contributed by atoms with Crippen molar-refractivity contribution in [1.82, 2.24) is 0 Å². The van der Waals surface area contributed by atoms with Gasteiger partial charge in [-0.05, 0) is 13.8 Å². The average molecular weight is 224 g/mol. The number of hydrogen-bond donors (Lipinski definition) is 1. The van der Waals surface area contributed by atoms with Crippen molar-refractivity contribution in [2.45, 2.75) is 25.6 Å². The van der Waals surface area contributed by atoms with E-state index in [1.807, 2.05) is 0 Å². The lowest BCUT2D eigenvalue weighted by molar-refractivity contribution is -0.171. The fourth-order valence-corrected chi connectivity index (χ4v) is 0.876. The Balaban J connectivity index is 4.13. The van der Waals surface area contributed by atoms with Crippen LogP contribution in [0.15, 0.2) is 12.7 Å². The number of carbonyl (C=O) groups is 1. The molecule has 7 heteroatoms. The summed E-state index contributed by atoms with van der Waals surface area (Å²) in [4.78, 5) is 10.6. The highest BCUT2D eigenvalue weighted by Gasteiger charge is 2.21. The molecular formula is C7H12O6S. The van der Waals surface area contributed by atoms with Crippen molar-refractivity contribution in [3.05, 3.63) is 12.7 Å². The van der Waals surface area contributed by atoms with E-state index in [2.05, 4.69) is 16.1 Å². The molecule has 0 fully saturated rings. The van der Waals surface area contributed by atoms with Gasteiger partial charge in [0.15, 0.2) is 5.44 Å². The van der Waals surface area contributed by atoms with Gasteiger partial charge >= 0.3 is 5.97 Å². The van der Waals surface area contributed by atoms with Crippen LogP contribution in [0.3, 0.4) is 0 Å². The Labute approximate surface area is 82.3 Å². The number of esters is 1. The summed E-state index contributed by atoms with van der Waals surface area (Å²) >= 11 is 0. The first-order chi connectivity index (χ1) is 6.27. The van der Waals surface area contributed by atoms with Crippen LogP contribution in [0.25, 0.3) is 0 Å². The Morgan fingerprint density at radius 3 is 2.36 bits per heavy atom. The molecule has 0 rings (SSSR count). The number of rotatable bonds is 5. The summed E-state index contributed by atoms with van der Waals surface area (Å²) < 4.78 is 38.7. The Bertz CT molecular complexity index is 306. The lowest BCUT2D eigenvalue weighted by Crippen LogP contribution is -2.27. The molecule has 0 aromatic rings. The predicted octanol–water partition coefficient (Wildman–Crippen LogP) is 0.312. The second-order valence-electron chi connectivity index (χ2n) is 2.43. The van der Waals surface area contributed by atoms with Crippen molar-refractivity contribution in [3.63, 3.8) is 0 Å².